The molecule has 0 aliphatic carbocycles. The lowest BCUT2D eigenvalue weighted by atomic mass is 10.0. The zero-order chi connectivity index (χ0) is 18.6. The third-order valence-corrected chi connectivity index (χ3v) is 5.32. The standard InChI is InChI=1S/C21H19N3O2S/c25-20(19-9-5-13-27-19)24-12-4-6-15-14-17(10-11-18(15)24)23-21(26)22-16-7-2-1-3-8-16/h1-3,5,7-11,13-14H,4,6,12H2,(H2,22,23,26). The Bertz CT molecular complexity index is 955. The Hall–Kier alpha value is -3.12. The third-order valence-electron chi connectivity index (χ3n) is 4.46. The number of carbonyl (C=O) groups excluding carboxylic acids is 2. The molecule has 2 N–H and O–H groups in total. The van der Waals surface area contributed by atoms with E-state index in [-0.39, 0.29) is 11.9 Å². The molecule has 1 aliphatic rings. The molecule has 0 fully saturated rings. The van der Waals surface area contributed by atoms with Crippen LogP contribution in [0.3, 0.4) is 0 Å². The Balaban J connectivity index is 1.50. The molecule has 6 heteroatoms. The number of rotatable bonds is 3. The lowest BCUT2D eigenvalue weighted by Crippen LogP contribution is -2.35. The minimum Gasteiger partial charge on any atom is -0.308 e. The molecular formula is C21H19N3O2S. The second-order valence-corrected chi connectivity index (χ2v) is 7.27. The molecular weight excluding hydrogens is 358 g/mol. The first-order valence-electron chi connectivity index (χ1n) is 8.82. The fourth-order valence-corrected chi connectivity index (χ4v) is 3.91. The predicted molar refractivity (Wildman–Crippen MR) is 110 cm³/mol. The molecule has 0 radical (unpaired) electrons. The number of amides is 3. The van der Waals surface area contributed by atoms with E-state index in [1.54, 1.807) is 0 Å². The SMILES string of the molecule is O=C(Nc1ccccc1)Nc1ccc2c(c1)CCCN2C(=O)c1cccs1. The molecule has 1 aliphatic heterocycles. The highest BCUT2D eigenvalue weighted by molar-refractivity contribution is 7.12. The number of hydrogen-bond donors (Lipinski definition) is 2. The number of carbonyl (C=O) groups is 2. The van der Waals surface area contributed by atoms with Crippen molar-refractivity contribution < 1.29 is 9.59 Å². The smallest absolute Gasteiger partial charge is 0.308 e. The first-order valence-corrected chi connectivity index (χ1v) is 9.70. The van der Waals surface area contributed by atoms with E-state index >= 15 is 0 Å². The summed E-state index contributed by atoms with van der Waals surface area (Å²) in [6, 6.07) is 18.5. The van der Waals surface area contributed by atoms with Crippen LogP contribution in [0.1, 0.15) is 21.7 Å². The lowest BCUT2D eigenvalue weighted by molar-refractivity contribution is 0.0989. The Morgan fingerprint density at radius 3 is 2.52 bits per heavy atom. The van der Waals surface area contributed by atoms with Crippen LogP contribution in [0, 0.1) is 0 Å². The van der Waals surface area contributed by atoms with Gasteiger partial charge in [0.25, 0.3) is 5.91 Å². The highest BCUT2D eigenvalue weighted by atomic mass is 32.1. The number of para-hydroxylation sites is 1. The second kappa shape index (κ2) is 7.63. The van der Waals surface area contributed by atoms with Crippen molar-refractivity contribution in [1.82, 2.24) is 0 Å². The summed E-state index contributed by atoms with van der Waals surface area (Å²) in [5, 5.41) is 7.58. The number of fused-ring (bicyclic) bond motifs is 1. The van der Waals surface area contributed by atoms with Crippen LogP contribution in [0.15, 0.2) is 66.0 Å². The monoisotopic (exact) mass is 377 g/mol. The quantitative estimate of drug-likeness (QED) is 0.676. The Morgan fingerprint density at radius 1 is 0.926 bits per heavy atom. The lowest BCUT2D eigenvalue weighted by Gasteiger charge is -2.29. The number of urea groups is 1. The van der Waals surface area contributed by atoms with Gasteiger partial charge in [-0.25, -0.2) is 4.79 Å². The highest BCUT2D eigenvalue weighted by Crippen LogP contribution is 2.31. The summed E-state index contributed by atoms with van der Waals surface area (Å²) >= 11 is 1.46. The predicted octanol–water partition coefficient (Wildman–Crippen LogP) is 4.99. The van der Waals surface area contributed by atoms with Crippen LogP contribution >= 0.6 is 11.3 Å². The van der Waals surface area contributed by atoms with Crippen LogP contribution in [-0.4, -0.2) is 18.5 Å². The zero-order valence-corrected chi connectivity index (χ0v) is 15.5. The van der Waals surface area contributed by atoms with Crippen LogP contribution < -0.4 is 15.5 Å². The largest absolute Gasteiger partial charge is 0.323 e. The van der Waals surface area contributed by atoms with Gasteiger partial charge in [0, 0.05) is 23.6 Å². The van der Waals surface area contributed by atoms with Crippen molar-refractivity contribution in [2.45, 2.75) is 12.8 Å². The van der Waals surface area contributed by atoms with E-state index < -0.39 is 0 Å². The van der Waals surface area contributed by atoms with Gasteiger partial charge in [-0.3, -0.25) is 4.79 Å². The number of benzene rings is 2. The van der Waals surface area contributed by atoms with Crippen molar-refractivity contribution >= 4 is 40.3 Å². The number of nitrogens with zero attached hydrogens (tertiary/aromatic N) is 1. The van der Waals surface area contributed by atoms with Gasteiger partial charge in [-0.15, -0.1) is 11.3 Å². The van der Waals surface area contributed by atoms with Crippen LogP contribution in [0.25, 0.3) is 0 Å². The molecule has 0 saturated carbocycles. The minimum atomic E-state index is -0.288. The van der Waals surface area contributed by atoms with Crippen molar-refractivity contribution in [1.29, 1.82) is 0 Å². The molecule has 2 aromatic carbocycles. The van der Waals surface area contributed by atoms with Gasteiger partial charge in [0.15, 0.2) is 0 Å². The number of nitrogens with one attached hydrogen (secondary N) is 2. The van der Waals surface area contributed by atoms with E-state index in [1.807, 2.05) is 70.9 Å². The Morgan fingerprint density at radius 2 is 1.74 bits per heavy atom. The van der Waals surface area contributed by atoms with Crippen molar-refractivity contribution in [2.24, 2.45) is 0 Å². The zero-order valence-electron chi connectivity index (χ0n) is 14.6. The van der Waals surface area contributed by atoms with Gasteiger partial charge < -0.3 is 15.5 Å². The Kier molecular flexibility index (Phi) is 4.89. The van der Waals surface area contributed by atoms with Gasteiger partial charge in [-0.05, 0) is 60.2 Å². The van der Waals surface area contributed by atoms with E-state index in [9.17, 15) is 9.59 Å². The third kappa shape index (κ3) is 3.85. The summed E-state index contributed by atoms with van der Waals surface area (Å²) in [6.45, 7) is 0.713. The molecule has 0 spiro atoms. The molecule has 0 bridgehead atoms. The van der Waals surface area contributed by atoms with E-state index in [0.29, 0.717) is 12.2 Å². The van der Waals surface area contributed by atoms with Crippen LogP contribution in [0.5, 0.6) is 0 Å². The molecule has 0 unspecified atom stereocenters. The van der Waals surface area contributed by atoms with Crippen molar-refractivity contribution in [2.75, 3.05) is 22.1 Å². The summed E-state index contributed by atoms with van der Waals surface area (Å²) in [7, 11) is 0. The van der Waals surface area contributed by atoms with Gasteiger partial charge in [0.05, 0.1) is 4.88 Å². The molecule has 3 amide bonds. The van der Waals surface area contributed by atoms with Crippen LogP contribution in [0.2, 0.25) is 0 Å². The topological polar surface area (TPSA) is 61.4 Å². The van der Waals surface area contributed by atoms with Gasteiger partial charge in [0.1, 0.15) is 0 Å². The van der Waals surface area contributed by atoms with Gasteiger partial charge >= 0.3 is 6.03 Å². The summed E-state index contributed by atoms with van der Waals surface area (Å²) in [4.78, 5) is 27.5. The second-order valence-electron chi connectivity index (χ2n) is 6.33. The van der Waals surface area contributed by atoms with Crippen LogP contribution in [-0.2, 0) is 6.42 Å². The minimum absolute atomic E-state index is 0.0356. The number of anilines is 3. The van der Waals surface area contributed by atoms with E-state index in [1.165, 1.54) is 11.3 Å². The fraction of sp³-hybridized carbons (Fsp3) is 0.143. The first kappa shape index (κ1) is 17.3. The summed E-state index contributed by atoms with van der Waals surface area (Å²) in [6.07, 6.45) is 1.79. The van der Waals surface area contributed by atoms with E-state index in [2.05, 4.69) is 10.6 Å². The number of thiophene rings is 1. The molecule has 2 heterocycles. The summed E-state index contributed by atoms with van der Waals surface area (Å²) in [5.41, 5.74) is 3.45. The molecule has 5 nitrogen and oxygen atoms in total. The molecule has 0 atom stereocenters. The molecule has 3 aromatic rings. The maximum absolute atomic E-state index is 12.7. The number of hydrogen-bond acceptors (Lipinski definition) is 3. The van der Waals surface area contributed by atoms with E-state index in [0.717, 1.165) is 34.7 Å². The Labute approximate surface area is 161 Å². The van der Waals surface area contributed by atoms with Crippen LogP contribution in [0.4, 0.5) is 21.9 Å². The normalized spacial score (nSPS) is 13.0. The first-order chi connectivity index (χ1) is 13.2. The average Bonchev–Trinajstić information content (AvgIpc) is 3.22. The maximum Gasteiger partial charge on any atom is 0.323 e. The van der Waals surface area contributed by atoms with Crippen molar-refractivity contribution in [3.05, 3.63) is 76.5 Å². The highest BCUT2D eigenvalue weighted by Gasteiger charge is 2.24. The van der Waals surface area contributed by atoms with Gasteiger partial charge in [-0.1, -0.05) is 24.3 Å². The van der Waals surface area contributed by atoms with Gasteiger partial charge in [0.2, 0.25) is 0 Å². The number of aryl methyl sites for hydroxylation is 1. The van der Waals surface area contributed by atoms with Gasteiger partial charge in [-0.2, -0.15) is 0 Å². The summed E-state index contributed by atoms with van der Waals surface area (Å²) in [5.74, 6) is 0.0356. The molecule has 4 rings (SSSR count). The average molecular weight is 377 g/mol. The van der Waals surface area contributed by atoms with Crippen molar-refractivity contribution in [3.63, 3.8) is 0 Å². The van der Waals surface area contributed by atoms with E-state index in [4.69, 9.17) is 0 Å². The summed E-state index contributed by atoms with van der Waals surface area (Å²) < 4.78 is 0. The fourth-order valence-electron chi connectivity index (χ4n) is 3.23. The van der Waals surface area contributed by atoms with Crippen molar-refractivity contribution in [3.8, 4) is 0 Å². The maximum atomic E-state index is 12.7. The molecule has 0 saturated heterocycles. The molecule has 1 aromatic heterocycles. The molecule has 136 valence electrons. The molecule has 27 heavy (non-hydrogen) atoms.